The first-order valence-electron chi connectivity index (χ1n) is 6.96. The monoisotopic (exact) mass is 281 g/mol. The molecule has 1 unspecified atom stereocenters. The highest BCUT2D eigenvalue weighted by Gasteiger charge is 2.23. The fraction of sp³-hybridized carbons (Fsp3) is 0.250. The fourth-order valence-corrected chi connectivity index (χ4v) is 3.62. The molecule has 0 fully saturated rings. The number of fused-ring (bicyclic) bond motifs is 2. The molecule has 2 aromatic heterocycles. The second-order valence-corrected chi connectivity index (χ2v) is 5.69. The molecule has 4 rings (SSSR count). The van der Waals surface area contributed by atoms with E-state index < -0.39 is 0 Å². The number of rotatable bonds is 1. The van der Waals surface area contributed by atoms with Gasteiger partial charge in [0.2, 0.25) is 0 Å². The Morgan fingerprint density at radius 1 is 1.25 bits per heavy atom. The summed E-state index contributed by atoms with van der Waals surface area (Å²) in [6, 6.07) is 11.1. The molecular formula is C16H15N3S. The summed E-state index contributed by atoms with van der Waals surface area (Å²) in [6.45, 7) is 0. The van der Waals surface area contributed by atoms with Gasteiger partial charge in [-0.25, -0.2) is 0 Å². The molecule has 0 bridgehead atoms. The van der Waals surface area contributed by atoms with Gasteiger partial charge in [0.15, 0.2) is 4.77 Å². The molecule has 0 radical (unpaired) electrons. The molecule has 1 atom stereocenters. The quantitative estimate of drug-likeness (QED) is 0.683. The molecule has 2 heterocycles. The summed E-state index contributed by atoms with van der Waals surface area (Å²) >= 11 is 5.54. The molecule has 3 nitrogen and oxygen atoms in total. The van der Waals surface area contributed by atoms with Gasteiger partial charge in [0, 0.05) is 6.20 Å². The number of aromatic nitrogens is 3. The Morgan fingerprint density at radius 2 is 2.15 bits per heavy atom. The van der Waals surface area contributed by atoms with Crippen LogP contribution < -0.4 is 0 Å². The summed E-state index contributed by atoms with van der Waals surface area (Å²) in [5, 5.41) is 0. The van der Waals surface area contributed by atoms with Gasteiger partial charge in [-0.2, -0.15) is 0 Å². The van der Waals surface area contributed by atoms with Gasteiger partial charge in [-0.15, -0.1) is 0 Å². The van der Waals surface area contributed by atoms with Crippen LogP contribution in [0.15, 0.2) is 42.7 Å². The lowest BCUT2D eigenvalue weighted by Gasteiger charge is -2.27. The molecule has 1 aromatic carbocycles. The van der Waals surface area contributed by atoms with Gasteiger partial charge in [-0.1, -0.05) is 24.3 Å². The lowest BCUT2D eigenvalue weighted by molar-refractivity contribution is 0.495. The molecule has 100 valence electrons. The fourth-order valence-electron chi connectivity index (χ4n) is 3.28. The standard InChI is InChI=1S/C16H15N3S/c20-16-18-13-10-17-9-8-15(13)19(16)14-7-3-5-11-4-1-2-6-12(11)14/h1-2,4,6,8-10,14H,3,5,7H2,(H,18,20). The van der Waals surface area contributed by atoms with Crippen molar-refractivity contribution in [1.29, 1.82) is 0 Å². The summed E-state index contributed by atoms with van der Waals surface area (Å²) < 4.78 is 3.04. The number of aromatic amines is 1. The number of nitrogens with zero attached hydrogens (tertiary/aromatic N) is 2. The smallest absolute Gasteiger partial charge is 0.178 e. The summed E-state index contributed by atoms with van der Waals surface area (Å²) in [5.41, 5.74) is 5.02. The first-order valence-corrected chi connectivity index (χ1v) is 7.37. The zero-order valence-electron chi connectivity index (χ0n) is 11.0. The van der Waals surface area contributed by atoms with E-state index in [1.54, 1.807) is 0 Å². The van der Waals surface area contributed by atoms with Crippen molar-refractivity contribution in [2.75, 3.05) is 0 Å². The van der Waals surface area contributed by atoms with Gasteiger partial charge in [0.05, 0.1) is 23.3 Å². The highest BCUT2D eigenvalue weighted by molar-refractivity contribution is 7.71. The highest BCUT2D eigenvalue weighted by atomic mass is 32.1. The molecular weight excluding hydrogens is 266 g/mol. The number of benzene rings is 1. The van der Waals surface area contributed by atoms with Crippen LogP contribution in [-0.4, -0.2) is 14.5 Å². The van der Waals surface area contributed by atoms with Crippen LogP contribution in [0.1, 0.15) is 30.0 Å². The van der Waals surface area contributed by atoms with Gasteiger partial charge in [0.25, 0.3) is 0 Å². The van der Waals surface area contributed by atoms with Crippen LogP contribution in [-0.2, 0) is 6.42 Å². The van der Waals surface area contributed by atoms with E-state index in [-0.39, 0.29) is 0 Å². The largest absolute Gasteiger partial charge is 0.329 e. The van der Waals surface area contributed by atoms with Crippen molar-refractivity contribution in [1.82, 2.24) is 14.5 Å². The van der Waals surface area contributed by atoms with Crippen molar-refractivity contribution in [2.45, 2.75) is 25.3 Å². The predicted molar refractivity (Wildman–Crippen MR) is 82.4 cm³/mol. The first-order chi connectivity index (χ1) is 9.84. The van der Waals surface area contributed by atoms with Gasteiger partial charge < -0.3 is 9.55 Å². The second kappa shape index (κ2) is 4.56. The van der Waals surface area contributed by atoms with Crippen LogP contribution in [0.4, 0.5) is 0 Å². The van der Waals surface area contributed by atoms with Gasteiger partial charge in [-0.05, 0) is 48.7 Å². The van der Waals surface area contributed by atoms with E-state index in [9.17, 15) is 0 Å². The number of nitrogens with one attached hydrogen (secondary N) is 1. The third-order valence-corrected chi connectivity index (χ3v) is 4.47. The van der Waals surface area contributed by atoms with Crippen LogP contribution >= 0.6 is 12.2 Å². The van der Waals surface area contributed by atoms with E-state index in [0.717, 1.165) is 22.2 Å². The number of hydrogen-bond donors (Lipinski definition) is 1. The Balaban J connectivity index is 1.97. The summed E-state index contributed by atoms with van der Waals surface area (Å²) in [7, 11) is 0. The lowest BCUT2D eigenvalue weighted by Crippen LogP contribution is -2.17. The first kappa shape index (κ1) is 11.9. The average molecular weight is 281 g/mol. The molecule has 0 saturated carbocycles. The predicted octanol–water partition coefficient (Wildman–Crippen LogP) is 4.02. The summed E-state index contributed by atoms with van der Waals surface area (Å²) in [4.78, 5) is 7.44. The van der Waals surface area contributed by atoms with E-state index in [1.165, 1.54) is 24.0 Å². The summed E-state index contributed by atoms with van der Waals surface area (Å²) in [5.74, 6) is 0. The Labute approximate surface area is 122 Å². The number of aryl methyl sites for hydroxylation is 1. The second-order valence-electron chi connectivity index (χ2n) is 5.30. The zero-order chi connectivity index (χ0) is 13.5. The number of H-pyrrole nitrogens is 1. The van der Waals surface area contributed by atoms with Crippen LogP contribution in [0.25, 0.3) is 11.0 Å². The van der Waals surface area contributed by atoms with Crippen LogP contribution in [0.2, 0.25) is 0 Å². The Kier molecular flexibility index (Phi) is 2.70. The SMILES string of the molecule is S=c1[nH]c2cnccc2n1C1CCCc2ccccc21. The van der Waals surface area contributed by atoms with Gasteiger partial charge >= 0.3 is 0 Å². The van der Waals surface area contributed by atoms with Crippen molar-refractivity contribution in [3.05, 3.63) is 58.6 Å². The normalized spacial score (nSPS) is 18.1. The minimum absolute atomic E-state index is 0.337. The molecule has 1 aliphatic rings. The molecule has 20 heavy (non-hydrogen) atoms. The number of hydrogen-bond acceptors (Lipinski definition) is 2. The van der Waals surface area contributed by atoms with Crippen molar-refractivity contribution >= 4 is 23.3 Å². The molecule has 0 aliphatic heterocycles. The van der Waals surface area contributed by atoms with E-state index in [1.807, 2.05) is 18.5 Å². The van der Waals surface area contributed by atoms with Crippen molar-refractivity contribution in [3.63, 3.8) is 0 Å². The molecule has 1 aliphatic carbocycles. The maximum atomic E-state index is 5.54. The van der Waals surface area contributed by atoms with Crippen molar-refractivity contribution < 1.29 is 0 Å². The van der Waals surface area contributed by atoms with E-state index in [0.29, 0.717) is 6.04 Å². The maximum absolute atomic E-state index is 5.54. The highest BCUT2D eigenvalue weighted by Crippen LogP contribution is 2.34. The summed E-state index contributed by atoms with van der Waals surface area (Å²) in [6.07, 6.45) is 7.19. The number of imidazole rings is 1. The molecule has 4 heteroatoms. The van der Waals surface area contributed by atoms with E-state index in [2.05, 4.69) is 38.8 Å². The maximum Gasteiger partial charge on any atom is 0.178 e. The molecule has 0 spiro atoms. The topological polar surface area (TPSA) is 33.6 Å². The van der Waals surface area contributed by atoms with Gasteiger partial charge in [0.1, 0.15) is 0 Å². The van der Waals surface area contributed by atoms with Crippen LogP contribution in [0, 0.1) is 4.77 Å². The molecule has 0 saturated heterocycles. The minimum atomic E-state index is 0.337. The van der Waals surface area contributed by atoms with Crippen molar-refractivity contribution in [3.8, 4) is 0 Å². The number of pyridine rings is 1. The van der Waals surface area contributed by atoms with E-state index >= 15 is 0 Å². The third kappa shape index (κ3) is 1.72. The molecule has 0 amide bonds. The van der Waals surface area contributed by atoms with Gasteiger partial charge in [-0.3, -0.25) is 4.98 Å². The van der Waals surface area contributed by atoms with Crippen molar-refractivity contribution in [2.24, 2.45) is 0 Å². The third-order valence-electron chi connectivity index (χ3n) is 4.17. The Morgan fingerprint density at radius 3 is 3.10 bits per heavy atom. The molecule has 3 aromatic rings. The lowest BCUT2D eigenvalue weighted by atomic mass is 9.87. The Hall–Kier alpha value is -1.94. The van der Waals surface area contributed by atoms with E-state index in [4.69, 9.17) is 12.2 Å². The molecule has 1 N–H and O–H groups in total. The average Bonchev–Trinajstić information content (AvgIpc) is 2.82. The minimum Gasteiger partial charge on any atom is -0.329 e. The zero-order valence-corrected chi connectivity index (χ0v) is 11.9. The van der Waals surface area contributed by atoms with Crippen LogP contribution in [0.3, 0.4) is 0 Å². The van der Waals surface area contributed by atoms with Crippen LogP contribution in [0.5, 0.6) is 0 Å². The Bertz CT molecular complexity index is 831.